The van der Waals surface area contributed by atoms with E-state index in [4.69, 9.17) is 0 Å². The fourth-order valence-corrected chi connectivity index (χ4v) is 4.80. The van der Waals surface area contributed by atoms with Crippen LogP contribution in [0.25, 0.3) is 0 Å². The Bertz CT molecular complexity index is 855. The molecule has 2 atom stereocenters. The first-order chi connectivity index (χ1) is 12.9. The molecule has 1 fully saturated rings. The molecule has 0 amide bonds. The van der Waals surface area contributed by atoms with Crippen molar-refractivity contribution >= 4 is 10.0 Å². The highest BCUT2D eigenvalue weighted by molar-refractivity contribution is 7.89. The average Bonchev–Trinajstić information content (AvgIpc) is 3.09. The van der Waals surface area contributed by atoms with Crippen molar-refractivity contribution in [2.24, 2.45) is 0 Å². The molecular weight excluding hydrogens is 358 g/mol. The van der Waals surface area contributed by atoms with Gasteiger partial charge in [0.1, 0.15) is 0 Å². The second-order valence-electron chi connectivity index (χ2n) is 7.51. The van der Waals surface area contributed by atoms with Gasteiger partial charge in [0.05, 0.1) is 4.90 Å². The van der Waals surface area contributed by atoms with Crippen molar-refractivity contribution in [2.45, 2.75) is 43.4 Å². The van der Waals surface area contributed by atoms with Gasteiger partial charge in [0.15, 0.2) is 0 Å². The molecule has 0 aliphatic carbocycles. The maximum absolute atomic E-state index is 13.0. The van der Waals surface area contributed by atoms with Crippen molar-refractivity contribution in [1.29, 1.82) is 0 Å². The predicted octanol–water partition coefficient (Wildman–Crippen LogP) is 2.69. The van der Waals surface area contributed by atoms with Crippen LogP contribution in [-0.4, -0.2) is 50.3 Å². The molecule has 2 unspecified atom stereocenters. The number of nitrogens with one attached hydrogen (secondary N) is 1. The first-order valence-corrected chi connectivity index (χ1v) is 10.8. The second kappa shape index (κ2) is 8.52. The fourth-order valence-electron chi connectivity index (χ4n) is 3.57. The van der Waals surface area contributed by atoms with Gasteiger partial charge >= 0.3 is 0 Å². The average molecular weight is 388 g/mol. The number of rotatable bonds is 7. The molecule has 6 heteroatoms. The lowest BCUT2D eigenvalue weighted by atomic mass is 10.1. The quantitative estimate of drug-likeness (QED) is 0.794. The van der Waals surface area contributed by atoms with Gasteiger partial charge in [0.2, 0.25) is 10.0 Å². The molecule has 1 aliphatic heterocycles. The number of nitrogens with zero attached hydrogens (tertiary/aromatic N) is 2. The molecule has 3 rings (SSSR count). The summed E-state index contributed by atoms with van der Waals surface area (Å²) >= 11 is 0. The summed E-state index contributed by atoms with van der Waals surface area (Å²) in [6.45, 7) is 4.28. The van der Waals surface area contributed by atoms with Gasteiger partial charge in [-0.1, -0.05) is 42.5 Å². The highest BCUT2D eigenvalue weighted by Gasteiger charge is 2.25. The van der Waals surface area contributed by atoms with Crippen LogP contribution in [0.5, 0.6) is 0 Å². The Hall–Kier alpha value is -1.73. The van der Waals surface area contributed by atoms with E-state index in [1.54, 1.807) is 19.2 Å². The van der Waals surface area contributed by atoms with Gasteiger partial charge in [-0.2, -0.15) is 4.31 Å². The van der Waals surface area contributed by atoms with Crippen LogP contribution in [0, 0.1) is 0 Å². The molecule has 2 aromatic carbocycles. The van der Waals surface area contributed by atoms with Crippen LogP contribution < -0.4 is 5.32 Å². The highest BCUT2D eigenvalue weighted by Crippen LogP contribution is 2.20. The van der Waals surface area contributed by atoms with E-state index in [-0.39, 0.29) is 0 Å². The van der Waals surface area contributed by atoms with E-state index in [0.717, 1.165) is 30.6 Å². The third kappa shape index (κ3) is 4.96. The van der Waals surface area contributed by atoms with Crippen molar-refractivity contribution in [1.82, 2.24) is 14.5 Å². The zero-order chi connectivity index (χ0) is 19.4. The molecule has 146 valence electrons. The topological polar surface area (TPSA) is 52.7 Å². The third-order valence-electron chi connectivity index (χ3n) is 5.24. The first kappa shape index (κ1) is 20.0. The summed E-state index contributed by atoms with van der Waals surface area (Å²) < 4.78 is 27.4. The van der Waals surface area contributed by atoms with E-state index in [2.05, 4.69) is 24.2 Å². The van der Waals surface area contributed by atoms with Crippen molar-refractivity contribution in [3.8, 4) is 0 Å². The lowest BCUT2D eigenvalue weighted by molar-refractivity contribution is 0.246. The third-order valence-corrected chi connectivity index (χ3v) is 7.04. The maximum Gasteiger partial charge on any atom is 0.243 e. The highest BCUT2D eigenvalue weighted by atomic mass is 32.2. The van der Waals surface area contributed by atoms with Gasteiger partial charge in [-0.25, -0.2) is 8.42 Å². The van der Waals surface area contributed by atoms with E-state index in [1.165, 1.54) is 4.31 Å². The zero-order valence-electron chi connectivity index (χ0n) is 16.3. The zero-order valence-corrected chi connectivity index (χ0v) is 17.1. The summed E-state index contributed by atoms with van der Waals surface area (Å²) in [7, 11) is 0.215. The fraction of sp³-hybridized carbons (Fsp3) is 0.429. The Balaban J connectivity index is 1.71. The standard InChI is InChI=1S/C21H29N3O2S/c1-17-12-20(14-22-17)23(2)15-19-10-7-11-21(13-19)27(25,26)24(3)16-18-8-5-4-6-9-18/h4-11,13,17,20,22H,12,14-16H2,1-3H3. The minimum atomic E-state index is -3.52. The molecule has 0 aromatic heterocycles. The van der Waals surface area contributed by atoms with E-state index in [9.17, 15) is 8.42 Å². The van der Waals surface area contributed by atoms with E-state index in [0.29, 0.717) is 23.5 Å². The van der Waals surface area contributed by atoms with Crippen LogP contribution in [0.15, 0.2) is 59.5 Å². The van der Waals surface area contributed by atoms with Crippen molar-refractivity contribution in [2.75, 3.05) is 20.6 Å². The van der Waals surface area contributed by atoms with Crippen LogP contribution >= 0.6 is 0 Å². The Morgan fingerprint density at radius 3 is 2.37 bits per heavy atom. The molecule has 1 aliphatic rings. The number of benzene rings is 2. The normalized spacial score (nSPS) is 20.5. The molecule has 0 radical (unpaired) electrons. The largest absolute Gasteiger partial charge is 0.313 e. The van der Waals surface area contributed by atoms with Gasteiger partial charge in [0.25, 0.3) is 0 Å². The molecule has 0 bridgehead atoms. The Morgan fingerprint density at radius 2 is 1.70 bits per heavy atom. The van der Waals surface area contributed by atoms with E-state index < -0.39 is 10.0 Å². The number of sulfonamides is 1. The Kier molecular flexibility index (Phi) is 6.32. The van der Waals surface area contributed by atoms with Gasteiger partial charge in [-0.3, -0.25) is 4.90 Å². The minimum absolute atomic E-state index is 0.352. The Morgan fingerprint density at radius 1 is 1.00 bits per heavy atom. The summed E-state index contributed by atoms with van der Waals surface area (Å²) in [5.41, 5.74) is 1.99. The molecular formula is C21H29N3O2S. The van der Waals surface area contributed by atoms with Crippen molar-refractivity contribution in [3.63, 3.8) is 0 Å². The monoisotopic (exact) mass is 387 g/mol. The molecule has 1 heterocycles. The number of hydrogen-bond acceptors (Lipinski definition) is 4. The smallest absolute Gasteiger partial charge is 0.243 e. The first-order valence-electron chi connectivity index (χ1n) is 9.39. The molecule has 0 spiro atoms. The molecule has 5 nitrogen and oxygen atoms in total. The lowest BCUT2D eigenvalue weighted by Gasteiger charge is -2.24. The van der Waals surface area contributed by atoms with Crippen LogP contribution in [0.2, 0.25) is 0 Å². The van der Waals surface area contributed by atoms with Crippen LogP contribution in [-0.2, 0) is 23.1 Å². The molecule has 2 aromatic rings. The minimum Gasteiger partial charge on any atom is -0.313 e. The SMILES string of the molecule is CC1CC(N(C)Cc2cccc(S(=O)(=O)N(C)Cc3ccccc3)c2)CN1. The van der Waals surface area contributed by atoms with Crippen molar-refractivity contribution < 1.29 is 8.42 Å². The summed E-state index contributed by atoms with van der Waals surface area (Å²) in [5.74, 6) is 0. The van der Waals surface area contributed by atoms with Gasteiger partial charge < -0.3 is 5.32 Å². The Labute approximate surface area is 163 Å². The van der Waals surface area contributed by atoms with Gasteiger partial charge in [-0.05, 0) is 43.7 Å². The summed E-state index contributed by atoms with van der Waals surface area (Å²) in [6, 6.07) is 18.0. The predicted molar refractivity (Wildman–Crippen MR) is 109 cm³/mol. The summed E-state index contributed by atoms with van der Waals surface area (Å²) in [6.07, 6.45) is 1.12. The molecule has 1 N–H and O–H groups in total. The lowest BCUT2D eigenvalue weighted by Crippen LogP contribution is -2.33. The van der Waals surface area contributed by atoms with E-state index >= 15 is 0 Å². The second-order valence-corrected chi connectivity index (χ2v) is 9.55. The number of hydrogen-bond donors (Lipinski definition) is 1. The van der Waals surface area contributed by atoms with Crippen LogP contribution in [0.4, 0.5) is 0 Å². The van der Waals surface area contributed by atoms with Crippen LogP contribution in [0.3, 0.4) is 0 Å². The molecule has 0 saturated carbocycles. The molecule has 27 heavy (non-hydrogen) atoms. The van der Waals surface area contributed by atoms with E-state index in [1.807, 2.05) is 42.5 Å². The number of likely N-dealkylation sites (N-methyl/N-ethyl adjacent to an activating group) is 1. The molecule has 1 saturated heterocycles. The van der Waals surface area contributed by atoms with Gasteiger partial charge in [-0.15, -0.1) is 0 Å². The van der Waals surface area contributed by atoms with Crippen LogP contribution in [0.1, 0.15) is 24.5 Å². The summed E-state index contributed by atoms with van der Waals surface area (Å²) in [5, 5.41) is 3.47. The maximum atomic E-state index is 13.0. The van der Waals surface area contributed by atoms with Gasteiger partial charge in [0, 0.05) is 38.8 Å². The van der Waals surface area contributed by atoms with Crippen molar-refractivity contribution in [3.05, 3.63) is 65.7 Å². The summed E-state index contributed by atoms with van der Waals surface area (Å²) in [4.78, 5) is 2.65.